The van der Waals surface area contributed by atoms with Crippen LogP contribution in [0.2, 0.25) is 0 Å². The van der Waals surface area contributed by atoms with Crippen LogP contribution in [0.4, 0.5) is 5.69 Å². The van der Waals surface area contributed by atoms with Crippen LogP contribution in [0.25, 0.3) is 11.1 Å². The van der Waals surface area contributed by atoms with E-state index >= 15 is 0 Å². The summed E-state index contributed by atoms with van der Waals surface area (Å²) >= 11 is 1.38. The molecular formula is C17H16N2O6S2. The SMILES string of the molecule is CS(=O)(=O)c1ccccc1SCCCn1c(=O)oc2ccc([N+](=O)[O-])cc21. The van der Waals surface area contributed by atoms with E-state index in [2.05, 4.69) is 0 Å². The summed E-state index contributed by atoms with van der Waals surface area (Å²) in [6, 6.07) is 10.7. The third-order valence-corrected chi connectivity index (χ3v) is 6.34. The molecule has 0 N–H and O–H groups in total. The molecule has 0 radical (unpaired) electrons. The van der Waals surface area contributed by atoms with Crippen molar-refractivity contribution in [2.45, 2.75) is 22.8 Å². The number of hydrogen-bond donors (Lipinski definition) is 0. The van der Waals surface area contributed by atoms with Crippen molar-refractivity contribution < 1.29 is 17.8 Å². The van der Waals surface area contributed by atoms with Gasteiger partial charge in [-0.1, -0.05) is 12.1 Å². The van der Waals surface area contributed by atoms with Gasteiger partial charge in [0.2, 0.25) is 0 Å². The van der Waals surface area contributed by atoms with Gasteiger partial charge >= 0.3 is 5.76 Å². The Labute approximate surface area is 158 Å². The minimum atomic E-state index is -3.32. The number of fused-ring (bicyclic) bond motifs is 1. The summed E-state index contributed by atoms with van der Waals surface area (Å²) in [5, 5.41) is 10.9. The first-order chi connectivity index (χ1) is 12.8. The molecule has 0 aliphatic rings. The lowest BCUT2D eigenvalue weighted by Crippen LogP contribution is -2.14. The summed E-state index contributed by atoms with van der Waals surface area (Å²) in [6.45, 7) is 0.307. The second-order valence-electron chi connectivity index (χ2n) is 5.85. The van der Waals surface area contributed by atoms with Crippen molar-refractivity contribution in [3.05, 3.63) is 63.1 Å². The van der Waals surface area contributed by atoms with E-state index in [4.69, 9.17) is 4.42 Å². The molecule has 0 atom stereocenters. The normalized spacial score (nSPS) is 11.7. The number of oxazole rings is 1. The highest BCUT2D eigenvalue weighted by molar-refractivity contribution is 8.00. The molecule has 0 unspecified atom stereocenters. The van der Waals surface area contributed by atoms with E-state index in [0.29, 0.717) is 34.7 Å². The van der Waals surface area contributed by atoms with Gasteiger partial charge in [0.15, 0.2) is 15.4 Å². The molecule has 1 heterocycles. The molecule has 0 aliphatic carbocycles. The van der Waals surface area contributed by atoms with Crippen LogP contribution in [0.15, 0.2) is 61.5 Å². The topological polar surface area (TPSA) is 112 Å². The number of nitro groups is 1. The van der Waals surface area contributed by atoms with Crippen molar-refractivity contribution in [1.29, 1.82) is 0 Å². The molecule has 0 bridgehead atoms. The number of benzene rings is 2. The Morgan fingerprint density at radius 3 is 2.67 bits per heavy atom. The second-order valence-corrected chi connectivity index (χ2v) is 8.97. The Hall–Kier alpha value is -2.59. The summed E-state index contributed by atoms with van der Waals surface area (Å²) in [7, 11) is -3.32. The Morgan fingerprint density at radius 1 is 1.22 bits per heavy atom. The maximum atomic E-state index is 12.0. The highest BCUT2D eigenvalue weighted by atomic mass is 32.2. The molecule has 27 heavy (non-hydrogen) atoms. The maximum absolute atomic E-state index is 12.0. The van der Waals surface area contributed by atoms with E-state index in [9.17, 15) is 23.3 Å². The fraction of sp³-hybridized carbons (Fsp3) is 0.235. The average molecular weight is 408 g/mol. The number of aromatic nitrogens is 1. The van der Waals surface area contributed by atoms with E-state index in [1.807, 2.05) is 0 Å². The summed E-state index contributed by atoms with van der Waals surface area (Å²) in [6.07, 6.45) is 1.72. The molecule has 2 aromatic carbocycles. The molecular weight excluding hydrogens is 392 g/mol. The van der Waals surface area contributed by atoms with Crippen LogP contribution < -0.4 is 5.76 Å². The highest BCUT2D eigenvalue weighted by Crippen LogP contribution is 2.27. The molecule has 8 nitrogen and oxygen atoms in total. The minimum Gasteiger partial charge on any atom is -0.408 e. The van der Waals surface area contributed by atoms with Crippen molar-refractivity contribution in [2.24, 2.45) is 0 Å². The van der Waals surface area contributed by atoms with Gasteiger partial charge in [0, 0.05) is 29.8 Å². The highest BCUT2D eigenvalue weighted by Gasteiger charge is 2.15. The first-order valence-electron chi connectivity index (χ1n) is 7.97. The molecule has 3 rings (SSSR count). The molecule has 0 aliphatic heterocycles. The zero-order valence-corrected chi connectivity index (χ0v) is 16.0. The summed E-state index contributed by atoms with van der Waals surface area (Å²) < 4.78 is 30.1. The lowest BCUT2D eigenvalue weighted by Gasteiger charge is -2.07. The van der Waals surface area contributed by atoms with Crippen molar-refractivity contribution in [2.75, 3.05) is 12.0 Å². The molecule has 142 valence electrons. The molecule has 10 heteroatoms. The van der Waals surface area contributed by atoms with Gasteiger partial charge < -0.3 is 4.42 Å². The fourth-order valence-corrected chi connectivity index (χ4v) is 4.92. The van der Waals surface area contributed by atoms with Crippen molar-refractivity contribution >= 4 is 38.4 Å². The van der Waals surface area contributed by atoms with Gasteiger partial charge in [0.25, 0.3) is 5.69 Å². The molecule has 0 spiro atoms. The van der Waals surface area contributed by atoms with Gasteiger partial charge in [-0.15, -0.1) is 11.8 Å². The molecule has 0 saturated carbocycles. The number of rotatable bonds is 7. The van der Waals surface area contributed by atoms with E-state index in [1.165, 1.54) is 34.5 Å². The van der Waals surface area contributed by atoms with Crippen molar-refractivity contribution in [3.63, 3.8) is 0 Å². The monoisotopic (exact) mass is 408 g/mol. The largest absolute Gasteiger partial charge is 0.419 e. The first-order valence-corrected chi connectivity index (χ1v) is 10.8. The number of nitro benzene ring substituents is 1. The smallest absolute Gasteiger partial charge is 0.408 e. The number of non-ortho nitro benzene ring substituents is 1. The summed E-state index contributed by atoms with van der Waals surface area (Å²) in [5.74, 6) is -0.00681. The number of hydrogen-bond acceptors (Lipinski definition) is 7. The molecule has 0 saturated heterocycles. The van der Waals surface area contributed by atoms with Crippen molar-refractivity contribution in [1.82, 2.24) is 4.57 Å². The lowest BCUT2D eigenvalue weighted by molar-refractivity contribution is -0.384. The Bertz CT molecular complexity index is 1160. The van der Waals surface area contributed by atoms with Gasteiger partial charge in [-0.2, -0.15) is 0 Å². The standard InChI is InChI=1S/C17H16N2O6S2/c1-27(23,24)16-6-3-2-5-15(16)26-10-4-9-18-13-11-12(19(21)22)7-8-14(13)25-17(18)20/h2-3,5-8,11H,4,9-10H2,1H3. The predicted octanol–water partition coefficient (Wildman–Crippen LogP) is 3.09. The van der Waals surface area contributed by atoms with E-state index < -0.39 is 20.5 Å². The van der Waals surface area contributed by atoms with Crippen LogP contribution in [-0.4, -0.2) is 29.9 Å². The quantitative estimate of drug-likeness (QED) is 0.255. The fourth-order valence-electron chi connectivity index (χ4n) is 2.66. The second kappa shape index (κ2) is 7.57. The minimum absolute atomic E-state index is 0.117. The number of aryl methyl sites for hydroxylation is 1. The van der Waals surface area contributed by atoms with E-state index in [-0.39, 0.29) is 10.6 Å². The van der Waals surface area contributed by atoms with Gasteiger partial charge in [-0.3, -0.25) is 14.7 Å². The summed E-state index contributed by atoms with van der Waals surface area (Å²) in [4.78, 5) is 23.3. The van der Waals surface area contributed by atoms with Gasteiger partial charge in [0.1, 0.15) is 0 Å². The van der Waals surface area contributed by atoms with Gasteiger partial charge in [-0.25, -0.2) is 13.2 Å². The Morgan fingerprint density at radius 2 is 1.96 bits per heavy atom. The molecule has 0 fully saturated rings. The third kappa shape index (κ3) is 4.22. The van der Waals surface area contributed by atoms with Gasteiger partial charge in [0.05, 0.1) is 15.3 Å². The average Bonchev–Trinajstić information content (AvgIpc) is 2.92. The Kier molecular flexibility index (Phi) is 5.38. The van der Waals surface area contributed by atoms with E-state index in [0.717, 1.165) is 6.26 Å². The summed E-state index contributed by atoms with van der Waals surface area (Å²) in [5.41, 5.74) is 0.546. The predicted molar refractivity (Wildman–Crippen MR) is 102 cm³/mol. The van der Waals surface area contributed by atoms with Crippen molar-refractivity contribution in [3.8, 4) is 0 Å². The first kappa shape index (κ1) is 19.2. The van der Waals surface area contributed by atoms with Crippen LogP contribution in [0.1, 0.15) is 6.42 Å². The van der Waals surface area contributed by atoms with E-state index in [1.54, 1.807) is 24.3 Å². The maximum Gasteiger partial charge on any atom is 0.419 e. The van der Waals surface area contributed by atoms with Crippen LogP contribution in [0, 0.1) is 10.1 Å². The lowest BCUT2D eigenvalue weighted by atomic mass is 10.3. The molecule has 1 aromatic heterocycles. The van der Waals surface area contributed by atoms with Gasteiger partial charge in [-0.05, 0) is 30.4 Å². The van der Waals surface area contributed by atoms with Crippen LogP contribution in [-0.2, 0) is 16.4 Å². The zero-order chi connectivity index (χ0) is 19.6. The zero-order valence-electron chi connectivity index (χ0n) is 14.3. The molecule has 0 amide bonds. The van der Waals surface area contributed by atoms with Crippen LogP contribution >= 0.6 is 11.8 Å². The Balaban J connectivity index is 1.74. The number of nitrogens with zero attached hydrogens (tertiary/aromatic N) is 2. The number of thioether (sulfide) groups is 1. The van der Waals surface area contributed by atoms with Crippen LogP contribution in [0.5, 0.6) is 0 Å². The third-order valence-electron chi connectivity index (χ3n) is 3.89. The number of sulfone groups is 1. The molecule has 3 aromatic rings. The van der Waals surface area contributed by atoms with Crippen LogP contribution in [0.3, 0.4) is 0 Å².